The van der Waals surface area contributed by atoms with Crippen molar-refractivity contribution in [3.63, 3.8) is 0 Å². The summed E-state index contributed by atoms with van der Waals surface area (Å²) in [6, 6.07) is 3.77. The lowest BCUT2D eigenvalue weighted by molar-refractivity contribution is 0.386. The van der Waals surface area contributed by atoms with Crippen molar-refractivity contribution in [2.45, 2.75) is 45.7 Å². The number of sulfonamides is 1. The van der Waals surface area contributed by atoms with Gasteiger partial charge in [0.2, 0.25) is 10.0 Å². The maximum atomic E-state index is 12.0. The highest BCUT2D eigenvalue weighted by molar-refractivity contribution is 7.88. The lowest BCUT2D eigenvalue weighted by Crippen LogP contribution is -2.30. The number of hydrogen-bond acceptors (Lipinski definition) is 5. The molecule has 0 unspecified atom stereocenters. The van der Waals surface area contributed by atoms with Gasteiger partial charge in [0.1, 0.15) is 5.82 Å². The molecule has 1 fully saturated rings. The summed E-state index contributed by atoms with van der Waals surface area (Å²) in [5.74, 6) is 0.574. The zero-order chi connectivity index (χ0) is 17.5. The molecule has 24 heavy (non-hydrogen) atoms. The van der Waals surface area contributed by atoms with Crippen LogP contribution in [0, 0.1) is 6.92 Å². The zero-order valence-electron chi connectivity index (χ0n) is 14.5. The Labute approximate surface area is 142 Å². The minimum absolute atomic E-state index is 0.215. The Morgan fingerprint density at radius 3 is 2.71 bits per heavy atom. The van der Waals surface area contributed by atoms with Crippen molar-refractivity contribution >= 4 is 10.0 Å². The second-order valence-corrected chi connectivity index (χ2v) is 8.47. The second-order valence-electron chi connectivity index (χ2n) is 6.54. The summed E-state index contributed by atoms with van der Waals surface area (Å²) in [5.41, 5.74) is 2.52. The maximum Gasteiger partial charge on any atom is 0.211 e. The van der Waals surface area contributed by atoms with Crippen LogP contribution in [-0.2, 0) is 10.0 Å². The Balaban J connectivity index is 2.05. The number of rotatable bonds is 4. The molecule has 1 aliphatic heterocycles. The second kappa shape index (κ2) is 6.25. The van der Waals surface area contributed by atoms with E-state index < -0.39 is 10.0 Å². The van der Waals surface area contributed by atoms with Crippen LogP contribution in [0.25, 0.3) is 11.4 Å². The standard InChI is InChI=1S/C16H23N5O2S/c1-11(2)21-14(7-8-17-21)13-10-12(3)18-16(19-13)15-6-5-9-20(15)24(4,22)23/h7-8,10-11,15H,5-6,9H2,1-4H3/t15-/m1/s1. The highest BCUT2D eigenvalue weighted by Gasteiger charge is 2.34. The molecule has 0 radical (unpaired) electrons. The monoisotopic (exact) mass is 349 g/mol. The van der Waals surface area contributed by atoms with Gasteiger partial charge in [0.25, 0.3) is 0 Å². The number of aromatic nitrogens is 4. The van der Waals surface area contributed by atoms with E-state index in [4.69, 9.17) is 0 Å². The first kappa shape index (κ1) is 17.0. The van der Waals surface area contributed by atoms with Gasteiger partial charge in [-0.2, -0.15) is 9.40 Å². The molecule has 0 N–H and O–H groups in total. The van der Waals surface area contributed by atoms with Crippen molar-refractivity contribution in [2.24, 2.45) is 0 Å². The lowest BCUT2D eigenvalue weighted by Gasteiger charge is -2.21. The molecule has 2 aromatic heterocycles. The molecule has 7 nitrogen and oxygen atoms in total. The third-order valence-electron chi connectivity index (χ3n) is 4.22. The van der Waals surface area contributed by atoms with E-state index in [1.54, 1.807) is 6.20 Å². The largest absolute Gasteiger partial charge is 0.261 e. The molecule has 0 aromatic carbocycles. The van der Waals surface area contributed by atoms with Crippen LogP contribution in [0.2, 0.25) is 0 Å². The van der Waals surface area contributed by atoms with Gasteiger partial charge in [-0.05, 0) is 45.7 Å². The Hall–Kier alpha value is -1.80. The molecular formula is C16H23N5O2S. The summed E-state index contributed by atoms with van der Waals surface area (Å²) >= 11 is 0. The number of nitrogens with zero attached hydrogens (tertiary/aromatic N) is 5. The molecule has 1 aliphatic rings. The van der Waals surface area contributed by atoms with E-state index in [-0.39, 0.29) is 12.1 Å². The van der Waals surface area contributed by atoms with Gasteiger partial charge in [-0.3, -0.25) is 4.68 Å². The molecule has 3 rings (SSSR count). The minimum atomic E-state index is -3.27. The molecule has 2 aromatic rings. The first-order valence-corrected chi connectivity index (χ1v) is 9.98. The van der Waals surface area contributed by atoms with Crippen LogP contribution in [-0.4, -0.2) is 45.3 Å². The van der Waals surface area contributed by atoms with E-state index in [0.29, 0.717) is 12.4 Å². The summed E-state index contributed by atoms with van der Waals surface area (Å²) in [7, 11) is -3.27. The highest BCUT2D eigenvalue weighted by atomic mass is 32.2. The van der Waals surface area contributed by atoms with Crippen molar-refractivity contribution in [1.29, 1.82) is 0 Å². The molecule has 0 amide bonds. The lowest BCUT2D eigenvalue weighted by atomic mass is 10.2. The smallest absolute Gasteiger partial charge is 0.211 e. The fourth-order valence-electron chi connectivity index (χ4n) is 3.20. The van der Waals surface area contributed by atoms with E-state index in [1.807, 2.05) is 23.7 Å². The van der Waals surface area contributed by atoms with Crippen molar-refractivity contribution in [3.05, 3.63) is 29.8 Å². The molecule has 1 saturated heterocycles. The molecular weight excluding hydrogens is 326 g/mol. The van der Waals surface area contributed by atoms with Crippen LogP contribution in [0.3, 0.4) is 0 Å². The summed E-state index contributed by atoms with van der Waals surface area (Å²) in [6.45, 7) is 6.56. The molecule has 0 spiro atoms. The van der Waals surface area contributed by atoms with Gasteiger partial charge in [0.15, 0.2) is 0 Å². The van der Waals surface area contributed by atoms with Crippen molar-refractivity contribution < 1.29 is 8.42 Å². The molecule has 0 aliphatic carbocycles. The average molecular weight is 349 g/mol. The Bertz CT molecular complexity index is 844. The zero-order valence-corrected chi connectivity index (χ0v) is 15.3. The first-order chi connectivity index (χ1) is 11.3. The SMILES string of the molecule is Cc1cc(-c2ccnn2C(C)C)nc([C@H]2CCCN2S(C)(=O)=O)n1. The van der Waals surface area contributed by atoms with E-state index >= 15 is 0 Å². The molecule has 1 atom stereocenters. The van der Waals surface area contributed by atoms with Gasteiger partial charge < -0.3 is 0 Å². The van der Waals surface area contributed by atoms with Crippen LogP contribution in [0.15, 0.2) is 18.3 Å². The van der Waals surface area contributed by atoms with Crippen LogP contribution >= 0.6 is 0 Å². The quantitative estimate of drug-likeness (QED) is 0.846. The van der Waals surface area contributed by atoms with Crippen LogP contribution in [0.1, 0.15) is 50.3 Å². The highest BCUT2D eigenvalue weighted by Crippen LogP contribution is 2.33. The third-order valence-corrected chi connectivity index (χ3v) is 5.51. The summed E-state index contributed by atoms with van der Waals surface area (Å²) in [5, 5.41) is 4.35. The fraction of sp³-hybridized carbons (Fsp3) is 0.562. The maximum absolute atomic E-state index is 12.0. The Morgan fingerprint density at radius 1 is 1.29 bits per heavy atom. The summed E-state index contributed by atoms with van der Waals surface area (Å²) in [4.78, 5) is 9.20. The number of aryl methyl sites for hydroxylation is 1. The average Bonchev–Trinajstić information content (AvgIpc) is 3.15. The van der Waals surface area contributed by atoms with E-state index in [0.717, 1.165) is 29.9 Å². The van der Waals surface area contributed by atoms with Gasteiger partial charge >= 0.3 is 0 Å². The van der Waals surface area contributed by atoms with E-state index in [9.17, 15) is 8.42 Å². The van der Waals surface area contributed by atoms with Gasteiger partial charge in [-0.25, -0.2) is 18.4 Å². The van der Waals surface area contributed by atoms with Gasteiger partial charge in [-0.15, -0.1) is 0 Å². The first-order valence-electron chi connectivity index (χ1n) is 8.13. The van der Waals surface area contributed by atoms with Gasteiger partial charge in [-0.1, -0.05) is 0 Å². The molecule has 130 valence electrons. The van der Waals surface area contributed by atoms with Crippen LogP contribution in [0.5, 0.6) is 0 Å². The normalized spacial score (nSPS) is 19.3. The summed E-state index contributed by atoms with van der Waals surface area (Å²) < 4.78 is 27.4. The van der Waals surface area contributed by atoms with Crippen molar-refractivity contribution in [2.75, 3.05) is 12.8 Å². The van der Waals surface area contributed by atoms with Crippen molar-refractivity contribution in [3.8, 4) is 11.4 Å². The topological polar surface area (TPSA) is 81.0 Å². The Kier molecular flexibility index (Phi) is 4.44. The summed E-state index contributed by atoms with van der Waals surface area (Å²) in [6.07, 6.45) is 4.58. The molecule has 8 heteroatoms. The van der Waals surface area contributed by atoms with Crippen LogP contribution in [0.4, 0.5) is 0 Å². The molecule has 3 heterocycles. The van der Waals surface area contributed by atoms with E-state index in [2.05, 4.69) is 28.9 Å². The predicted octanol–water partition coefficient (Wildman–Crippen LogP) is 2.33. The fourth-order valence-corrected chi connectivity index (χ4v) is 4.32. The molecule has 0 saturated carbocycles. The van der Waals surface area contributed by atoms with Crippen molar-refractivity contribution in [1.82, 2.24) is 24.1 Å². The minimum Gasteiger partial charge on any atom is -0.261 e. The predicted molar refractivity (Wildman–Crippen MR) is 91.9 cm³/mol. The van der Waals surface area contributed by atoms with Gasteiger partial charge in [0, 0.05) is 24.5 Å². The Morgan fingerprint density at radius 2 is 2.04 bits per heavy atom. The van der Waals surface area contributed by atoms with E-state index in [1.165, 1.54) is 10.6 Å². The number of hydrogen-bond donors (Lipinski definition) is 0. The molecule has 0 bridgehead atoms. The third kappa shape index (κ3) is 3.21. The van der Waals surface area contributed by atoms with Crippen LogP contribution < -0.4 is 0 Å². The van der Waals surface area contributed by atoms with Gasteiger partial charge in [0.05, 0.1) is 23.7 Å².